The minimum atomic E-state index is -0.516. The van der Waals surface area contributed by atoms with Crippen molar-refractivity contribution >= 4 is 17.5 Å². The molecule has 1 atom stereocenters. The van der Waals surface area contributed by atoms with Crippen LogP contribution in [0, 0.1) is 0 Å². The highest BCUT2D eigenvalue weighted by Crippen LogP contribution is 2.34. The van der Waals surface area contributed by atoms with Gasteiger partial charge in [-0.15, -0.1) is 0 Å². The molecule has 24 heavy (non-hydrogen) atoms. The molecular weight excluding hydrogens is 306 g/mol. The van der Waals surface area contributed by atoms with E-state index in [9.17, 15) is 9.59 Å². The summed E-state index contributed by atoms with van der Waals surface area (Å²) in [5.74, 6) is 0.383. The van der Waals surface area contributed by atoms with Crippen LogP contribution in [0.15, 0.2) is 24.3 Å². The van der Waals surface area contributed by atoms with Crippen molar-refractivity contribution in [2.75, 3.05) is 37.6 Å². The maximum atomic E-state index is 12.6. The quantitative estimate of drug-likeness (QED) is 0.856. The largest absolute Gasteiger partial charge is 0.478 e. The van der Waals surface area contributed by atoms with Crippen molar-refractivity contribution < 1.29 is 14.3 Å². The fourth-order valence-corrected chi connectivity index (χ4v) is 3.26. The van der Waals surface area contributed by atoms with Gasteiger partial charge in [-0.05, 0) is 44.5 Å². The van der Waals surface area contributed by atoms with Crippen molar-refractivity contribution in [2.45, 2.75) is 32.3 Å². The van der Waals surface area contributed by atoms with E-state index in [1.54, 1.807) is 0 Å². The Morgan fingerprint density at radius 2 is 2.04 bits per heavy atom. The molecule has 6 heteroatoms. The number of para-hydroxylation sites is 2. The number of nitrogens with one attached hydrogen (secondary N) is 1. The van der Waals surface area contributed by atoms with E-state index in [2.05, 4.69) is 10.2 Å². The summed E-state index contributed by atoms with van der Waals surface area (Å²) >= 11 is 0. The lowest BCUT2D eigenvalue weighted by atomic mass is 10.1. The average molecular weight is 331 g/mol. The van der Waals surface area contributed by atoms with Crippen LogP contribution in [-0.4, -0.2) is 55.5 Å². The standard InChI is InChI=1S/C18H25N3O3/c1-2-15-18(23)21(14-7-3-4-8-16(14)24-15)13-17(22)19-9-12-20-10-5-6-11-20/h3-4,7-8,15H,2,5-6,9-13H2,1H3,(H,19,22)/t15-/m0/s1. The van der Waals surface area contributed by atoms with Gasteiger partial charge in [0, 0.05) is 13.1 Å². The van der Waals surface area contributed by atoms with Crippen LogP contribution in [0.25, 0.3) is 0 Å². The molecule has 2 heterocycles. The van der Waals surface area contributed by atoms with Gasteiger partial charge in [0.2, 0.25) is 5.91 Å². The smallest absolute Gasteiger partial charge is 0.268 e. The van der Waals surface area contributed by atoms with Crippen molar-refractivity contribution in [2.24, 2.45) is 0 Å². The Labute approximate surface area is 142 Å². The van der Waals surface area contributed by atoms with Gasteiger partial charge in [-0.1, -0.05) is 19.1 Å². The number of ether oxygens (including phenoxy) is 1. The van der Waals surface area contributed by atoms with Crippen molar-refractivity contribution in [3.63, 3.8) is 0 Å². The first-order chi connectivity index (χ1) is 11.7. The van der Waals surface area contributed by atoms with Crippen molar-refractivity contribution in [1.29, 1.82) is 0 Å². The molecule has 0 aliphatic carbocycles. The number of carbonyl (C=O) groups is 2. The van der Waals surface area contributed by atoms with Crippen molar-refractivity contribution in [1.82, 2.24) is 10.2 Å². The van der Waals surface area contributed by atoms with Crippen LogP contribution < -0.4 is 15.0 Å². The zero-order valence-corrected chi connectivity index (χ0v) is 14.2. The number of likely N-dealkylation sites (tertiary alicyclic amines) is 1. The van der Waals surface area contributed by atoms with Crippen LogP contribution in [0.1, 0.15) is 26.2 Å². The molecule has 0 aromatic heterocycles. The lowest BCUT2D eigenvalue weighted by molar-refractivity contribution is -0.129. The van der Waals surface area contributed by atoms with Gasteiger partial charge >= 0.3 is 0 Å². The molecule has 1 aromatic rings. The normalized spacial score (nSPS) is 20.6. The lowest BCUT2D eigenvalue weighted by Gasteiger charge is -2.33. The third-order valence-electron chi connectivity index (χ3n) is 4.59. The molecule has 2 aliphatic rings. The summed E-state index contributed by atoms with van der Waals surface area (Å²) in [4.78, 5) is 28.7. The number of hydrogen-bond donors (Lipinski definition) is 1. The molecular formula is C18H25N3O3. The predicted octanol–water partition coefficient (Wildman–Crippen LogP) is 1.40. The molecule has 1 N–H and O–H groups in total. The maximum Gasteiger partial charge on any atom is 0.268 e. The van der Waals surface area contributed by atoms with Crippen LogP contribution >= 0.6 is 0 Å². The number of anilines is 1. The number of nitrogens with zero attached hydrogens (tertiary/aromatic N) is 2. The van der Waals surface area contributed by atoms with Crippen LogP contribution in [-0.2, 0) is 9.59 Å². The fraction of sp³-hybridized carbons (Fsp3) is 0.556. The van der Waals surface area contributed by atoms with Crippen molar-refractivity contribution in [3.05, 3.63) is 24.3 Å². The lowest BCUT2D eigenvalue weighted by Crippen LogP contribution is -2.50. The molecule has 1 saturated heterocycles. The number of rotatable bonds is 6. The predicted molar refractivity (Wildman–Crippen MR) is 92.2 cm³/mol. The minimum Gasteiger partial charge on any atom is -0.478 e. The van der Waals surface area contributed by atoms with Crippen LogP contribution in [0.5, 0.6) is 5.75 Å². The van der Waals surface area contributed by atoms with E-state index in [0.717, 1.165) is 19.6 Å². The Morgan fingerprint density at radius 1 is 1.29 bits per heavy atom. The minimum absolute atomic E-state index is 0.0374. The third-order valence-corrected chi connectivity index (χ3v) is 4.59. The second-order valence-electron chi connectivity index (χ2n) is 6.31. The first kappa shape index (κ1) is 16.8. The van der Waals surface area contributed by atoms with E-state index >= 15 is 0 Å². The number of fused-ring (bicyclic) bond motifs is 1. The van der Waals surface area contributed by atoms with E-state index in [4.69, 9.17) is 4.74 Å². The van der Waals surface area contributed by atoms with Gasteiger partial charge in [0.1, 0.15) is 12.3 Å². The Morgan fingerprint density at radius 3 is 2.79 bits per heavy atom. The van der Waals surface area contributed by atoms with E-state index in [0.29, 0.717) is 24.4 Å². The second-order valence-corrected chi connectivity index (χ2v) is 6.31. The summed E-state index contributed by atoms with van der Waals surface area (Å²) in [7, 11) is 0. The topological polar surface area (TPSA) is 61.9 Å². The molecule has 2 aliphatic heterocycles. The zero-order valence-electron chi connectivity index (χ0n) is 14.2. The maximum absolute atomic E-state index is 12.6. The van der Waals surface area contributed by atoms with Gasteiger partial charge in [-0.25, -0.2) is 0 Å². The number of carbonyl (C=O) groups excluding carboxylic acids is 2. The molecule has 0 bridgehead atoms. The van der Waals surface area contributed by atoms with Gasteiger partial charge in [-0.3, -0.25) is 14.5 Å². The number of amides is 2. The molecule has 0 radical (unpaired) electrons. The SMILES string of the molecule is CC[C@@H]1Oc2ccccc2N(CC(=O)NCCN2CCCC2)C1=O. The monoisotopic (exact) mass is 331 g/mol. The molecule has 1 aromatic carbocycles. The molecule has 0 saturated carbocycles. The van der Waals surface area contributed by atoms with Gasteiger partial charge in [0.15, 0.2) is 6.10 Å². The molecule has 0 spiro atoms. The Balaban J connectivity index is 1.59. The van der Waals surface area contributed by atoms with Gasteiger partial charge < -0.3 is 15.0 Å². The summed E-state index contributed by atoms with van der Waals surface area (Å²) in [6, 6.07) is 7.37. The molecule has 2 amide bonds. The van der Waals surface area contributed by atoms with E-state index in [1.165, 1.54) is 17.7 Å². The van der Waals surface area contributed by atoms with Gasteiger partial charge in [0.25, 0.3) is 5.91 Å². The van der Waals surface area contributed by atoms with Crippen LogP contribution in [0.4, 0.5) is 5.69 Å². The molecule has 1 fully saturated rings. The van der Waals surface area contributed by atoms with E-state index in [-0.39, 0.29) is 18.4 Å². The summed E-state index contributed by atoms with van der Waals surface area (Å²) in [6.45, 7) is 5.67. The summed E-state index contributed by atoms with van der Waals surface area (Å²) in [5.41, 5.74) is 0.668. The summed E-state index contributed by atoms with van der Waals surface area (Å²) in [6.07, 6.45) is 2.55. The van der Waals surface area contributed by atoms with Crippen LogP contribution in [0.3, 0.4) is 0 Å². The highest BCUT2D eigenvalue weighted by molar-refractivity contribution is 6.03. The van der Waals surface area contributed by atoms with Gasteiger partial charge in [0.05, 0.1) is 5.69 Å². The summed E-state index contributed by atoms with van der Waals surface area (Å²) in [5, 5.41) is 2.93. The second kappa shape index (κ2) is 7.66. The Hall–Kier alpha value is -2.08. The van der Waals surface area contributed by atoms with Crippen molar-refractivity contribution in [3.8, 4) is 5.75 Å². The molecule has 6 nitrogen and oxygen atoms in total. The number of hydrogen-bond acceptors (Lipinski definition) is 4. The highest BCUT2D eigenvalue weighted by atomic mass is 16.5. The third kappa shape index (κ3) is 3.70. The Kier molecular flexibility index (Phi) is 5.35. The molecule has 0 unspecified atom stereocenters. The Bertz CT molecular complexity index is 599. The fourth-order valence-electron chi connectivity index (χ4n) is 3.26. The summed E-state index contributed by atoms with van der Waals surface area (Å²) < 4.78 is 5.72. The van der Waals surface area contributed by atoms with E-state index < -0.39 is 6.10 Å². The average Bonchev–Trinajstić information content (AvgIpc) is 3.10. The zero-order chi connectivity index (χ0) is 16.9. The molecule has 130 valence electrons. The van der Waals surface area contributed by atoms with E-state index in [1.807, 2.05) is 31.2 Å². The molecule has 3 rings (SSSR count). The van der Waals surface area contributed by atoms with Crippen LogP contribution in [0.2, 0.25) is 0 Å². The van der Waals surface area contributed by atoms with Gasteiger partial charge in [-0.2, -0.15) is 0 Å². The number of benzene rings is 1. The highest BCUT2D eigenvalue weighted by Gasteiger charge is 2.34. The first-order valence-corrected chi connectivity index (χ1v) is 8.75. The first-order valence-electron chi connectivity index (χ1n) is 8.75.